The van der Waals surface area contributed by atoms with Crippen LogP contribution in [-0.4, -0.2) is 43.2 Å². The van der Waals surface area contributed by atoms with E-state index in [2.05, 4.69) is 13.8 Å². The number of hydrogen-bond donors (Lipinski definition) is 1. The minimum Gasteiger partial charge on any atom is -0.381 e. The van der Waals surface area contributed by atoms with Gasteiger partial charge in [0.05, 0.1) is 6.04 Å². The first-order valence-corrected chi connectivity index (χ1v) is 7.74. The van der Waals surface area contributed by atoms with Gasteiger partial charge in [0, 0.05) is 26.3 Å². The van der Waals surface area contributed by atoms with Crippen molar-refractivity contribution in [2.45, 2.75) is 52.0 Å². The summed E-state index contributed by atoms with van der Waals surface area (Å²) < 4.78 is 5.34. The summed E-state index contributed by atoms with van der Waals surface area (Å²) in [4.78, 5) is 14.5. The molecule has 0 aromatic carbocycles. The van der Waals surface area contributed by atoms with E-state index in [0.717, 1.165) is 58.4 Å². The maximum atomic E-state index is 12.5. The van der Waals surface area contributed by atoms with Gasteiger partial charge in [-0.1, -0.05) is 13.8 Å². The lowest BCUT2D eigenvalue weighted by molar-refractivity contribution is -0.134. The van der Waals surface area contributed by atoms with E-state index in [-0.39, 0.29) is 24.4 Å². The highest BCUT2D eigenvalue weighted by molar-refractivity contribution is 5.85. The van der Waals surface area contributed by atoms with Crippen LogP contribution in [0.15, 0.2) is 0 Å². The summed E-state index contributed by atoms with van der Waals surface area (Å²) in [6, 6.07) is -0.326. The number of ether oxygens (including phenoxy) is 1. The van der Waals surface area contributed by atoms with E-state index in [1.165, 1.54) is 0 Å². The van der Waals surface area contributed by atoms with E-state index in [0.29, 0.717) is 11.3 Å². The Morgan fingerprint density at radius 2 is 1.95 bits per heavy atom. The van der Waals surface area contributed by atoms with Gasteiger partial charge in [-0.2, -0.15) is 0 Å². The molecule has 2 aliphatic heterocycles. The third kappa shape index (κ3) is 3.66. The number of rotatable bonds is 4. The molecule has 4 nitrogen and oxygen atoms in total. The third-order valence-electron chi connectivity index (χ3n) is 5.31. The molecule has 2 rings (SSSR count). The topological polar surface area (TPSA) is 55.6 Å². The fourth-order valence-electron chi connectivity index (χ4n) is 3.44. The Morgan fingerprint density at radius 3 is 2.45 bits per heavy atom. The van der Waals surface area contributed by atoms with Crippen molar-refractivity contribution in [3.63, 3.8) is 0 Å². The predicted octanol–water partition coefficient (Wildman–Crippen LogP) is 2.20. The molecule has 0 aromatic heterocycles. The van der Waals surface area contributed by atoms with Gasteiger partial charge < -0.3 is 15.4 Å². The van der Waals surface area contributed by atoms with Gasteiger partial charge in [0.1, 0.15) is 0 Å². The molecule has 0 radical (unpaired) electrons. The highest BCUT2D eigenvalue weighted by atomic mass is 35.5. The third-order valence-corrected chi connectivity index (χ3v) is 5.31. The first-order valence-electron chi connectivity index (χ1n) is 7.74. The first-order chi connectivity index (χ1) is 9.12. The van der Waals surface area contributed by atoms with Crippen molar-refractivity contribution >= 4 is 18.3 Å². The highest BCUT2D eigenvalue weighted by Gasteiger charge is 2.39. The molecule has 5 heteroatoms. The number of nitrogens with zero attached hydrogens (tertiary/aromatic N) is 1. The largest absolute Gasteiger partial charge is 0.381 e. The SMILES string of the molecule is CCC1(CC)CCN(C(=O)C(N)C2CCOCC2)C1.Cl. The molecule has 0 aromatic rings. The van der Waals surface area contributed by atoms with Crippen LogP contribution in [0.4, 0.5) is 0 Å². The molecule has 0 aliphatic carbocycles. The Labute approximate surface area is 128 Å². The number of hydrogen-bond acceptors (Lipinski definition) is 3. The van der Waals surface area contributed by atoms with Crippen molar-refractivity contribution in [1.82, 2.24) is 4.90 Å². The number of amides is 1. The molecule has 2 fully saturated rings. The van der Waals surface area contributed by atoms with E-state index in [1.807, 2.05) is 4.90 Å². The summed E-state index contributed by atoms with van der Waals surface area (Å²) in [7, 11) is 0. The standard InChI is InChI=1S/C15H28N2O2.ClH/c1-3-15(4-2)7-8-17(11-15)14(18)13(16)12-5-9-19-10-6-12;/h12-13H,3-11,16H2,1-2H3;1H. The van der Waals surface area contributed by atoms with Gasteiger partial charge in [-0.15, -0.1) is 12.4 Å². The van der Waals surface area contributed by atoms with Crippen LogP contribution >= 0.6 is 12.4 Å². The van der Waals surface area contributed by atoms with Crippen LogP contribution in [0.5, 0.6) is 0 Å². The molecule has 2 N–H and O–H groups in total. The van der Waals surface area contributed by atoms with Crippen molar-refractivity contribution in [1.29, 1.82) is 0 Å². The monoisotopic (exact) mass is 304 g/mol. The molecule has 2 heterocycles. The lowest BCUT2D eigenvalue weighted by Crippen LogP contribution is -2.48. The van der Waals surface area contributed by atoms with E-state index in [4.69, 9.17) is 10.5 Å². The van der Waals surface area contributed by atoms with Gasteiger partial charge in [-0.25, -0.2) is 0 Å². The van der Waals surface area contributed by atoms with E-state index < -0.39 is 0 Å². The summed E-state index contributed by atoms with van der Waals surface area (Å²) in [5.74, 6) is 0.468. The second-order valence-electron chi connectivity index (χ2n) is 6.19. The smallest absolute Gasteiger partial charge is 0.239 e. The second kappa shape index (κ2) is 7.62. The molecular weight excluding hydrogens is 276 g/mol. The summed E-state index contributed by atoms with van der Waals surface area (Å²) in [5, 5.41) is 0. The molecule has 1 amide bonds. The van der Waals surface area contributed by atoms with Gasteiger partial charge in [0.25, 0.3) is 0 Å². The quantitative estimate of drug-likeness (QED) is 0.866. The van der Waals surface area contributed by atoms with Crippen molar-refractivity contribution in [3.05, 3.63) is 0 Å². The molecule has 2 saturated heterocycles. The Kier molecular flexibility index (Phi) is 6.76. The van der Waals surface area contributed by atoms with Crippen molar-refractivity contribution in [2.75, 3.05) is 26.3 Å². The first kappa shape index (κ1) is 17.7. The average molecular weight is 305 g/mol. The number of nitrogens with two attached hydrogens (primary N) is 1. The van der Waals surface area contributed by atoms with Crippen LogP contribution in [0.1, 0.15) is 46.0 Å². The van der Waals surface area contributed by atoms with Crippen molar-refractivity contribution in [3.8, 4) is 0 Å². The molecule has 2 aliphatic rings. The van der Waals surface area contributed by atoms with Gasteiger partial charge in [0.15, 0.2) is 0 Å². The van der Waals surface area contributed by atoms with E-state index >= 15 is 0 Å². The van der Waals surface area contributed by atoms with E-state index in [9.17, 15) is 4.79 Å². The van der Waals surface area contributed by atoms with E-state index in [1.54, 1.807) is 0 Å². The zero-order valence-electron chi connectivity index (χ0n) is 12.8. The molecular formula is C15H29ClN2O2. The predicted molar refractivity (Wildman–Crippen MR) is 83.0 cm³/mol. The summed E-state index contributed by atoms with van der Waals surface area (Å²) in [5.41, 5.74) is 6.53. The molecule has 1 atom stereocenters. The lowest BCUT2D eigenvalue weighted by atomic mass is 9.82. The number of halogens is 1. The van der Waals surface area contributed by atoms with Crippen LogP contribution < -0.4 is 5.73 Å². The normalized spacial score (nSPS) is 24.2. The fourth-order valence-corrected chi connectivity index (χ4v) is 3.44. The van der Waals surface area contributed by atoms with Crippen LogP contribution in [0.3, 0.4) is 0 Å². The number of likely N-dealkylation sites (tertiary alicyclic amines) is 1. The second-order valence-corrected chi connectivity index (χ2v) is 6.19. The maximum absolute atomic E-state index is 12.5. The summed E-state index contributed by atoms with van der Waals surface area (Å²) >= 11 is 0. The van der Waals surface area contributed by atoms with Gasteiger partial charge >= 0.3 is 0 Å². The van der Waals surface area contributed by atoms with Gasteiger partial charge in [-0.05, 0) is 43.4 Å². The number of carbonyl (C=O) groups excluding carboxylic acids is 1. The Morgan fingerprint density at radius 1 is 1.35 bits per heavy atom. The van der Waals surface area contributed by atoms with Crippen molar-refractivity contribution in [2.24, 2.45) is 17.1 Å². The summed E-state index contributed by atoms with van der Waals surface area (Å²) in [6.07, 6.45) is 5.28. The fraction of sp³-hybridized carbons (Fsp3) is 0.933. The molecule has 1 unspecified atom stereocenters. The zero-order valence-corrected chi connectivity index (χ0v) is 13.6. The molecule has 20 heavy (non-hydrogen) atoms. The highest BCUT2D eigenvalue weighted by Crippen LogP contribution is 2.37. The van der Waals surface area contributed by atoms with Crippen LogP contribution in [0.2, 0.25) is 0 Å². The number of carbonyl (C=O) groups is 1. The Hall–Kier alpha value is -0.320. The molecule has 0 saturated carbocycles. The zero-order chi connectivity index (χ0) is 13.9. The minimum absolute atomic E-state index is 0. The van der Waals surface area contributed by atoms with Gasteiger partial charge in [-0.3, -0.25) is 4.79 Å². The summed E-state index contributed by atoms with van der Waals surface area (Å²) in [6.45, 7) is 7.75. The Bertz CT molecular complexity index is 315. The van der Waals surface area contributed by atoms with Crippen LogP contribution in [0, 0.1) is 11.3 Å². The minimum atomic E-state index is -0.326. The molecule has 0 spiro atoms. The lowest BCUT2D eigenvalue weighted by Gasteiger charge is -2.31. The maximum Gasteiger partial charge on any atom is 0.239 e. The van der Waals surface area contributed by atoms with Crippen molar-refractivity contribution < 1.29 is 9.53 Å². The molecule has 0 bridgehead atoms. The average Bonchev–Trinajstić information content (AvgIpc) is 2.92. The molecule has 118 valence electrons. The Balaban J connectivity index is 0.00000200. The van der Waals surface area contributed by atoms with Crippen LogP contribution in [0.25, 0.3) is 0 Å². The van der Waals surface area contributed by atoms with Crippen LogP contribution in [-0.2, 0) is 9.53 Å². The van der Waals surface area contributed by atoms with Gasteiger partial charge in [0.2, 0.25) is 5.91 Å².